The third-order valence-electron chi connectivity index (χ3n) is 3.38. The molecule has 0 aliphatic rings. The maximum atomic E-state index is 6.00. The Labute approximate surface area is 126 Å². The van der Waals surface area contributed by atoms with Gasteiger partial charge in [0.25, 0.3) is 0 Å². The summed E-state index contributed by atoms with van der Waals surface area (Å²) in [5.41, 5.74) is 3.61. The number of hydrogen-bond acceptors (Lipinski definition) is 3. The molecule has 0 aliphatic carbocycles. The van der Waals surface area contributed by atoms with Crippen LogP contribution < -0.4 is 10.1 Å². The summed E-state index contributed by atoms with van der Waals surface area (Å²) >= 11 is 0. The predicted octanol–water partition coefficient (Wildman–Crippen LogP) is 3.70. The Hall–Kier alpha value is -1.84. The van der Waals surface area contributed by atoms with Crippen molar-refractivity contribution >= 4 is 0 Å². The normalized spacial score (nSPS) is 10.6. The predicted molar refractivity (Wildman–Crippen MR) is 86.0 cm³/mol. The Morgan fingerprint density at radius 1 is 1.00 bits per heavy atom. The lowest BCUT2D eigenvalue weighted by atomic mass is 10.1. The number of aryl methyl sites for hydroxylation is 1. The van der Waals surface area contributed by atoms with E-state index in [0.717, 1.165) is 36.6 Å². The fraction of sp³-hybridized carbons (Fsp3) is 0.333. The molecular weight excluding hydrogens is 262 g/mol. The van der Waals surface area contributed by atoms with Crippen LogP contribution in [-0.2, 0) is 17.7 Å². The SMILES string of the molecule is CNCc1ccc(C)c(Oc2ccc(CCOC)cc2)c1. The highest BCUT2D eigenvalue weighted by atomic mass is 16.5. The van der Waals surface area contributed by atoms with Gasteiger partial charge in [-0.15, -0.1) is 0 Å². The van der Waals surface area contributed by atoms with Gasteiger partial charge in [-0.3, -0.25) is 0 Å². The minimum Gasteiger partial charge on any atom is -0.457 e. The molecule has 0 radical (unpaired) electrons. The molecule has 0 aromatic heterocycles. The first kappa shape index (κ1) is 15.5. The summed E-state index contributed by atoms with van der Waals surface area (Å²) in [7, 11) is 3.66. The lowest BCUT2D eigenvalue weighted by Gasteiger charge is -2.11. The van der Waals surface area contributed by atoms with E-state index in [1.165, 1.54) is 11.1 Å². The van der Waals surface area contributed by atoms with Crippen molar-refractivity contribution in [3.63, 3.8) is 0 Å². The number of benzene rings is 2. The third kappa shape index (κ3) is 4.59. The Morgan fingerprint density at radius 3 is 2.38 bits per heavy atom. The molecular formula is C18H23NO2. The molecule has 3 nitrogen and oxygen atoms in total. The van der Waals surface area contributed by atoms with Gasteiger partial charge in [-0.1, -0.05) is 24.3 Å². The van der Waals surface area contributed by atoms with E-state index in [1.54, 1.807) is 7.11 Å². The van der Waals surface area contributed by atoms with E-state index >= 15 is 0 Å². The Kier molecular flexibility index (Phi) is 5.78. The summed E-state index contributed by atoms with van der Waals surface area (Å²) in [6.45, 7) is 3.64. The number of ether oxygens (including phenoxy) is 2. The molecule has 0 aliphatic heterocycles. The molecule has 3 heteroatoms. The molecule has 0 saturated heterocycles. The van der Waals surface area contributed by atoms with E-state index < -0.39 is 0 Å². The lowest BCUT2D eigenvalue weighted by Crippen LogP contribution is -2.05. The largest absolute Gasteiger partial charge is 0.457 e. The van der Waals surface area contributed by atoms with E-state index in [0.29, 0.717) is 0 Å². The molecule has 112 valence electrons. The van der Waals surface area contributed by atoms with Gasteiger partial charge in [-0.05, 0) is 55.3 Å². The van der Waals surface area contributed by atoms with Crippen LogP contribution in [0, 0.1) is 6.92 Å². The molecule has 2 aromatic carbocycles. The number of hydrogen-bond donors (Lipinski definition) is 1. The highest BCUT2D eigenvalue weighted by molar-refractivity contribution is 5.40. The first-order chi connectivity index (χ1) is 10.2. The summed E-state index contributed by atoms with van der Waals surface area (Å²) in [5, 5.41) is 3.15. The second-order valence-electron chi connectivity index (χ2n) is 5.12. The molecule has 0 atom stereocenters. The van der Waals surface area contributed by atoms with Gasteiger partial charge < -0.3 is 14.8 Å². The van der Waals surface area contributed by atoms with Crippen molar-refractivity contribution in [2.24, 2.45) is 0 Å². The molecule has 1 N–H and O–H groups in total. The first-order valence-corrected chi connectivity index (χ1v) is 7.23. The van der Waals surface area contributed by atoms with Gasteiger partial charge in [0.2, 0.25) is 0 Å². The molecule has 0 fully saturated rings. The van der Waals surface area contributed by atoms with Gasteiger partial charge in [0.1, 0.15) is 11.5 Å². The van der Waals surface area contributed by atoms with Gasteiger partial charge in [-0.2, -0.15) is 0 Å². The van der Waals surface area contributed by atoms with E-state index in [9.17, 15) is 0 Å². The van der Waals surface area contributed by atoms with E-state index in [2.05, 4.69) is 42.6 Å². The van der Waals surface area contributed by atoms with Gasteiger partial charge >= 0.3 is 0 Å². The molecule has 2 rings (SSSR count). The molecule has 0 bridgehead atoms. The maximum Gasteiger partial charge on any atom is 0.130 e. The number of rotatable bonds is 7. The summed E-state index contributed by atoms with van der Waals surface area (Å²) in [5.74, 6) is 1.77. The average Bonchev–Trinajstić information content (AvgIpc) is 2.50. The average molecular weight is 285 g/mol. The lowest BCUT2D eigenvalue weighted by molar-refractivity contribution is 0.202. The van der Waals surface area contributed by atoms with Crippen LogP contribution in [0.25, 0.3) is 0 Å². The maximum absolute atomic E-state index is 6.00. The second-order valence-corrected chi connectivity index (χ2v) is 5.12. The highest BCUT2D eigenvalue weighted by Crippen LogP contribution is 2.26. The third-order valence-corrected chi connectivity index (χ3v) is 3.38. The van der Waals surface area contributed by atoms with Gasteiger partial charge in [0.05, 0.1) is 6.61 Å². The fourth-order valence-electron chi connectivity index (χ4n) is 2.14. The Morgan fingerprint density at radius 2 is 1.71 bits per heavy atom. The zero-order valence-corrected chi connectivity index (χ0v) is 13.0. The molecule has 0 spiro atoms. The van der Waals surface area contributed by atoms with Crippen LogP contribution in [0.5, 0.6) is 11.5 Å². The van der Waals surface area contributed by atoms with Gasteiger partial charge in [-0.25, -0.2) is 0 Å². The zero-order valence-electron chi connectivity index (χ0n) is 13.0. The summed E-state index contributed by atoms with van der Waals surface area (Å²) < 4.78 is 11.1. The van der Waals surface area contributed by atoms with Crippen molar-refractivity contribution in [3.05, 3.63) is 59.2 Å². The van der Waals surface area contributed by atoms with Crippen LogP contribution in [-0.4, -0.2) is 20.8 Å². The molecule has 0 saturated carbocycles. The van der Waals surface area contributed by atoms with Crippen LogP contribution in [0.3, 0.4) is 0 Å². The zero-order chi connectivity index (χ0) is 15.1. The summed E-state index contributed by atoms with van der Waals surface area (Å²) in [6, 6.07) is 14.5. The standard InChI is InChI=1S/C18H23NO2/c1-14-4-5-16(13-19-2)12-18(14)21-17-8-6-15(7-9-17)10-11-20-3/h4-9,12,19H,10-11,13H2,1-3H3. The fourth-order valence-corrected chi connectivity index (χ4v) is 2.14. The minimum absolute atomic E-state index is 0.741. The monoisotopic (exact) mass is 285 g/mol. The molecule has 0 amide bonds. The second kappa shape index (κ2) is 7.81. The van der Waals surface area contributed by atoms with Crippen molar-refractivity contribution in [2.45, 2.75) is 19.9 Å². The van der Waals surface area contributed by atoms with Crippen molar-refractivity contribution < 1.29 is 9.47 Å². The smallest absolute Gasteiger partial charge is 0.130 e. The topological polar surface area (TPSA) is 30.5 Å². The highest BCUT2D eigenvalue weighted by Gasteiger charge is 2.03. The van der Waals surface area contributed by atoms with Crippen LogP contribution >= 0.6 is 0 Å². The summed E-state index contributed by atoms with van der Waals surface area (Å²) in [4.78, 5) is 0. The van der Waals surface area contributed by atoms with Crippen LogP contribution in [0.4, 0.5) is 0 Å². The van der Waals surface area contributed by atoms with Crippen molar-refractivity contribution in [1.82, 2.24) is 5.32 Å². The molecule has 21 heavy (non-hydrogen) atoms. The molecule has 2 aromatic rings. The summed E-state index contributed by atoms with van der Waals surface area (Å²) in [6.07, 6.45) is 0.924. The van der Waals surface area contributed by atoms with Crippen molar-refractivity contribution in [3.8, 4) is 11.5 Å². The van der Waals surface area contributed by atoms with E-state index in [4.69, 9.17) is 9.47 Å². The molecule has 0 unspecified atom stereocenters. The molecule has 0 heterocycles. The van der Waals surface area contributed by atoms with E-state index in [-0.39, 0.29) is 0 Å². The number of nitrogens with one attached hydrogen (secondary N) is 1. The van der Waals surface area contributed by atoms with Crippen LogP contribution in [0.15, 0.2) is 42.5 Å². The van der Waals surface area contributed by atoms with Crippen molar-refractivity contribution in [1.29, 1.82) is 0 Å². The number of methoxy groups -OCH3 is 1. The quantitative estimate of drug-likeness (QED) is 0.841. The minimum atomic E-state index is 0.741. The van der Waals surface area contributed by atoms with Gasteiger partial charge in [0.15, 0.2) is 0 Å². The van der Waals surface area contributed by atoms with Crippen LogP contribution in [0.2, 0.25) is 0 Å². The Bertz CT molecular complexity index is 564. The Balaban J connectivity index is 2.08. The van der Waals surface area contributed by atoms with Crippen molar-refractivity contribution in [2.75, 3.05) is 20.8 Å². The van der Waals surface area contributed by atoms with Crippen LogP contribution in [0.1, 0.15) is 16.7 Å². The van der Waals surface area contributed by atoms with E-state index in [1.807, 2.05) is 19.2 Å². The van der Waals surface area contributed by atoms with Gasteiger partial charge in [0, 0.05) is 13.7 Å². The first-order valence-electron chi connectivity index (χ1n) is 7.23.